The van der Waals surface area contributed by atoms with Gasteiger partial charge in [0.25, 0.3) is 5.91 Å². The zero-order valence-corrected chi connectivity index (χ0v) is 15.1. The number of benzene rings is 2. The standard InChI is InChI=1S/C22H19NO5/c1-2-11-23-18-6-4-3-5-17(18)22(26,21(23)25)13-16(24)9-7-15-8-10-19-20(12-15)28-14-27-19/h2-10,12,26H,1,11,13-14H2/b9-7+/t22-/m1/s1. The molecule has 28 heavy (non-hydrogen) atoms. The maximum Gasteiger partial charge on any atom is 0.264 e. The first kappa shape index (κ1) is 18.0. The summed E-state index contributed by atoms with van der Waals surface area (Å²) in [6.45, 7) is 4.10. The molecule has 1 N–H and O–H groups in total. The van der Waals surface area contributed by atoms with E-state index in [2.05, 4.69) is 6.58 Å². The molecule has 0 spiro atoms. The maximum absolute atomic E-state index is 12.8. The third kappa shape index (κ3) is 2.97. The van der Waals surface area contributed by atoms with Crippen LogP contribution in [0.2, 0.25) is 0 Å². The molecule has 6 heteroatoms. The first-order chi connectivity index (χ1) is 13.5. The first-order valence-electron chi connectivity index (χ1n) is 8.88. The van der Waals surface area contributed by atoms with Crippen molar-refractivity contribution in [2.75, 3.05) is 18.2 Å². The Kier molecular flexibility index (Phi) is 4.49. The lowest BCUT2D eigenvalue weighted by atomic mass is 9.89. The van der Waals surface area contributed by atoms with E-state index >= 15 is 0 Å². The molecule has 2 heterocycles. The van der Waals surface area contributed by atoms with E-state index in [9.17, 15) is 14.7 Å². The molecule has 1 atom stereocenters. The van der Waals surface area contributed by atoms with Crippen LogP contribution in [-0.4, -0.2) is 30.1 Å². The van der Waals surface area contributed by atoms with Crippen molar-refractivity contribution in [2.45, 2.75) is 12.0 Å². The molecular weight excluding hydrogens is 358 g/mol. The maximum atomic E-state index is 12.8. The summed E-state index contributed by atoms with van der Waals surface area (Å²) in [5.74, 6) is 0.406. The number of para-hydroxylation sites is 1. The number of amides is 1. The van der Waals surface area contributed by atoms with Gasteiger partial charge in [0.15, 0.2) is 22.9 Å². The van der Waals surface area contributed by atoms with E-state index in [1.165, 1.54) is 11.0 Å². The molecule has 2 aliphatic rings. The number of nitrogens with zero attached hydrogens (tertiary/aromatic N) is 1. The van der Waals surface area contributed by atoms with E-state index in [0.29, 0.717) is 22.7 Å². The van der Waals surface area contributed by atoms with Crippen LogP contribution >= 0.6 is 0 Å². The summed E-state index contributed by atoms with van der Waals surface area (Å²) in [5.41, 5.74) is -0.0826. The van der Waals surface area contributed by atoms with Gasteiger partial charge in [-0.1, -0.05) is 36.4 Å². The predicted octanol–water partition coefficient (Wildman–Crippen LogP) is 2.81. The van der Waals surface area contributed by atoms with E-state index < -0.39 is 11.5 Å². The van der Waals surface area contributed by atoms with Gasteiger partial charge in [-0.05, 0) is 29.8 Å². The number of ether oxygens (including phenoxy) is 2. The first-order valence-corrected chi connectivity index (χ1v) is 8.88. The lowest BCUT2D eigenvalue weighted by molar-refractivity contribution is -0.140. The molecule has 2 aromatic rings. The summed E-state index contributed by atoms with van der Waals surface area (Å²) in [7, 11) is 0. The van der Waals surface area contributed by atoms with Crippen molar-refractivity contribution in [3.05, 3.63) is 72.3 Å². The minimum absolute atomic E-state index is 0.178. The van der Waals surface area contributed by atoms with E-state index in [0.717, 1.165) is 5.56 Å². The summed E-state index contributed by atoms with van der Waals surface area (Å²) >= 11 is 0. The smallest absolute Gasteiger partial charge is 0.264 e. The Balaban J connectivity index is 1.55. The molecule has 2 aromatic carbocycles. The van der Waals surface area contributed by atoms with E-state index in [1.54, 1.807) is 54.6 Å². The number of anilines is 1. The largest absolute Gasteiger partial charge is 0.454 e. The number of hydrogen-bond acceptors (Lipinski definition) is 5. The average Bonchev–Trinajstić information content (AvgIpc) is 3.24. The van der Waals surface area contributed by atoms with Crippen LogP contribution in [0.4, 0.5) is 5.69 Å². The third-order valence-electron chi connectivity index (χ3n) is 4.84. The molecule has 0 fully saturated rings. The van der Waals surface area contributed by atoms with Gasteiger partial charge in [0, 0.05) is 12.1 Å². The number of carbonyl (C=O) groups excluding carboxylic acids is 2. The van der Waals surface area contributed by atoms with Crippen LogP contribution in [0.25, 0.3) is 6.08 Å². The van der Waals surface area contributed by atoms with Crippen LogP contribution in [0, 0.1) is 0 Å². The van der Waals surface area contributed by atoms with Crippen LogP contribution in [-0.2, 0) is 15.2 Å². The second-order valence-corrected chi connectivity index (χ2v) is 6.67. The van der Waals surface area contributed by atoms with Crippen molar-refractivity contribution in [1.29, 1.82) is 0 Å². The van der Waals surface area contributed by atoms with Crippen molar-refractivity contribution < 1.29 is 24.2 Å². The number of allylic oxidation sites excluding steroid dienone is 1. The minimum atomic E-state index is -1.88. The predicted molar refractivity (Wildman–Crippen MR) is 104 cm³/mol. The van der Waals surface area contributed by atoms with Crippen molar-refractivity contribution in [3.8, 4) is 11.5 Å². The highest BCUT2D eigenvalue weighted by Gasteiger charge is 2.50. The zero-order chi connectivity index (χ0) is 19.7. The summed E-state index contributed by atoms with van der Waals surface area (Å²) < 4.78 is 10.6. The monoisotopic (exact) mass is 377 g/mol. The van der Waals surface area contributed by atoms with Gasteiger partial charge in [-0.15, -0.1) is 6.58 Å². The normalized spacial score (nSPS) is 19.9. The van der Waals surface area contributed by atoms with Crippen molar-refractivity contribution >= 4 is 23.5 Å². The summed E-state index contributed by atoms with van der Waals surface area (Å²) in [6, 6.07) is 12.3. The number of fused-ring (bicyclic) bond motifs is 2. The van der Waals surface area contributed by atoms with E-state index in [4.69, 9.17) is 9.47 Å². The molecular formula is C22H19NO5. The fourth-order valence-electron chi connectivity index (χ4n) is 3.50. The number of hydrogen-bond donors (Lipinski definition) is 1. The number of aliphatic hydroxyl groups is 1. The lowest BCUT2D eigenvalue weighted by Crippen LogP contribution is -2.41. The van der Waals surface area contributed by atoms with E-state index in [-0.39, 0.29) is 25.5 Å². The fraction of sp³-hybridized carbons (Fsp3) is 0.182. The Morgan fingerprint density at radius 3 is 2.82 bits per heavy atom. The van der Waals surface area contributed by atoms with Gasteiger partial charge in [0.2, 0.25) is 6.79 Å². The minimum Gasteiger partial charge on any atom is -0.454 e. The summed E-state index contributed by atoms with van der Waals surface area (Å²) in [5, 5.41) is 11.1. The lowest BCUT2D eigenvalue weighted by Gasteiger charge is -2.21. The molecule has 0 aromatic heterocycles. The fourth-order valence-corrected chi connectivity index (χ4v) is 3.50. The highest BCUT2D eigenvalue weighted by molar-refractivity contribution is 6.10. The SMILES string of the molecule is C=CCN1C(=O)[C@@](O)(CC(=O)/C=C/c2ccc3c(c2)OCO3)c2ccccc21. The quantitative estimate of drug-likeness (QED) is 0.619. The van der Waals surface area contributed by atoms with Crippen LogP contribution in [0.3, 0.4) is 0 Å². The summed E-state index contributed by atoms with van der Waals surface area (Å²) in [6.07, 6.45) is 4.24. The van der Waals surface area contributed by atoms with Gasteiger partial charge < -0.3 is 19.5 Å². The Morgan fingerprint density at radius 2 is 2.00 bits per heavy atom. The molecule has 0 saturated carbocycles. The molecule has 1 amide bonds. The Morgan fingerprint density at radius 1 is 1.21 bits per heavy atom. The highest BCUT2D eigenvalue weighted by Crippen LogP contribution is 2.42. The molecule has 4 rings (SSSR count). The van der Waals surface area contributed by atoms with Crippen LogP contribution in [0.1, 0.15) is 17.5 Å². The molecule has 2 aliphatic heterocycles. The molecule has 142 valence electrons. The third-order valence-corrected chi connectivity index (χ3v) is 4.84. The number of rotatable bonds is 6. The summed E-state index contributed by atoms with van der Waals surface area (Å²) in [4.78, 5) is 26.8. The highest BCUT2D eigenvalue weighted by atomic mass is 16.7. The van der Waals surface area contributed by atoms with Gasteiger partial charge in [-0.3, -0.25) is 9.59 Å². The van der Waals surface area contributed by atoms with Gasteiger partial charge in [-0.2, -0.15) is 0 Å². The van der Waals surface area contributed by atoms with E-state index in [1.807, 2.05) is 0 Å². The van der Waals surface area contributed by atoms with Gasteiger partial charge in [0.05, 0.1) is 12.1 Å². The molecule has 0 radical (unpaired) electrons. The number of ketones is 1. The van der Waals surface area contributed by atoms with Crippen LogP contribution < -0.4 is 14.4 Å². The Hall–Kier alpha value is -3.38. The van der Waals surface area contributed by atoms with Crippen molar-refractivity contribution in [2.24, 2.45) is 0 Å². The zero-order valence-electron chi connectivity index (χ0n) is 15.1. The second-order valence-electron chi connectivity index (χ2n) is 6.67. The molecule has 0 bridgehead atoms. The number of carbonyl (C=O) groups is 2. The van der Waals surface area contributed by atoms with Crippen molar-refractivity contribution in [3.63, 3.8) is 0 Å². The molecule has 0 saturated heterocycles. The molecule has 0 aliphatic carbocycles. The topological polar surface area (TPSA) is 76.1 Å². The van der Waals surface area contributed by atoms with Gasteiger partial charge in [-0.25, -0.2) is 0 Å². The Labute approximate surface area is 162 Å². The molecule has 6 nitrogen and oxygen atoms in total. The van der Waals surface area contributed by atoms with Gasteiger partial charge in [0.1, 0.15) is 0 Å². The second kappa shape index (κ2) is 6.98. The Bertz CT molecular complexity index is 996. The molecule has 0 unspecified atom stereocenters. The average molecular weight is 377 g/mol. The van der Waals surface area contributed by atoms with Crippen LogP contribution in [0.15, 0.2) is 61.2 Å². The van der Waals surface area contributed by atoms with Gasteiger partial charge >= 0.3 is 0 Å². The van der Waals surface area contributed by atoms with Crippen LogP contribution in [0.5, 0.6) is 11.5 Å². The van der Waals surface area contributed by atoms with Crippen molar-refractivity contribution in [1.82, 2.24) is 0 Å².